The summed E-state index contributed by atoms with van der Waals surface area (Å²) in [5.41, 5.74) is 9.25. The molecule has 0 amide bonds. The number of aryl methyl sites for hydroxylation is 2. The minimum atomic E-state index is 0.0581. The van der Waals surface area contributed by atoms with Crippen LogP contribution < -0.4 is 0 Å². The number of hydrogen-bond acceptors (Lipinski definition) is 2. The molecule has 0 saturated carbocycles. The third-order valence-electron chi connectivity index (χ3n) is 8.94. The monoisotopic (exact) mass is 574 g/mol. The molecule has 234 valence electrons. The molecule has 0 fully saturated rings. The molecule has 0 aliphatic heterocycles. The molecule has 42 heavy (non-hydrogen) atoms. The van der Waals surface area contributed by atoms with Gasteiger partial charge in [0.15, 0.2) is 5.78 Å². The van der Waals surface area contributed by atoms with E-state index in [0.29, 0.717) is 11.8 Å². The van der Waals surface area contributed by atoms with Crippen LogP contribution >= 0.6 is 0 Å². The van der Waals surface area contributed by atoms with Crippen LogP contribution in [-0.2, 0) is 4.79 Å². The summed E-state index contributed by atoms with van der Waals surface area (Å²) in [5.74, 6) is 2.44. The van der Waals surface area contributed by atoms with Crippen molar-refractivity contribution in [2.75, 3.05) is 13.1 Å². The molecule has 0 aliphatic carbocycles. The minimum Gasteiger partial charge on any atom is -0.360 e. The van der Waals surface area contributed by atoms with Crippen molar-refractivity contribution in [2.45, 2.75) is 128 Å². The Morgan fingerprint density at radius 3 is 1.86 bits per heavy atom. The Morgan fingerprint density at radius 2 is 1.40 bits per heavy atom. The predicted octanol–water partition coefficient (Wildman–Crippen LogP) is 11.2. The molecule has 0 aromatic heterocycles. The summed E-state index contributed by atoms with van der Waals surface area (Å²) >= 11 is 0. The van der Waals surface area contributed by atoms with Crippen molar-refractivity contribution in [1.29, 1.82) is 0 Å². The summed E-state index contributed by atoms with van der Waals surface area (Å²) in [6.07, 6.45) is 10.6. The SMILES string of the molecule is C=C(C)\C(C)=C(C)/C(=C/C(C)=C(/N=C(C)N(CC(CC)CCC)CC(CC)CCCC)c1c(C)cccc1C)C(C)=O. The number of hydrogen-bond donors (Lipinski definition) is 0. The average molecular weight is 575 g/mol. The van der Waals surface area contributed by atoms with Crippen LogP contribution in [0.1, 0.15) is 131 Å². The third kappa shape index (κ3) is 11.2. The summed E-state index contributed by atoms with van der Waals surface area (Å²) in [6.45, 7) is 31.8. The lowest BCUT2D eigenvalue weighted by molar-refractivity contribution is -0.113. The zero-order valence-electron chi connectivity index (χ0n) is 29.3. The number of aliphatic imine (C=N–C) groups is 1. The van der Waals surface area contributed by atoms with Gasteiger partial charge in [0.05, 0.1) is 5.70 Å². The van der Waals surface area contributed by atoms with Crippen LogP contribution in [0, 0.1) is 25.7 Å². The van der Waals surface area contributed by atoms with Crippen LogP contribution in [0.5, 0.6) is 0 Å². The highest BCUT2D eigenvalue weighted by molar-refractivity contribution is 5.99. The van der Waals surface area contributed by atoms with Crippen LogP contribution in [-0.4, -0.2) is 29.6 Å². The first-order valence-corrected chi connectivity index (χ1v) is 16.5. The van der Waals surface area contributed by atoms with E-state index in [0.717, 1.165) is 58.1 Å². The van der Waals surface area contributed by atoms with Crippen molar-refractivity contribution in [2.24, 2.45) is 16.8 Å². The van der Waals surface area contributed by atoms with Gasteiger partial charge in [0.1, 0.15) is 5.84 Å². The van der Waals surface area contributed by atoms with Gasteiger partial charge in [0, 0.05) is 24.2 Å². The largest absolute Gasteiger partial charge is 0.360 e. The number of carbonyl (C=O) groups excluding carboxylic acids is 1. The first-order chi connectivity index (χ1) is 19.8. The van der Waals surface area contributed by atoms with Crippen LogP contribution in [0.25, 0.3) is 5.70 Å². The second-order valence-electron chi connectivity index (χ2n) is 12.5. The number of amidine groups is 1. The molecular weight excluding hydrogens is 512 g/mol. The summed E-state index contributed by atoms with van der Waals surface area (Å²) < 4.78 is 0. The number of Topliss-reactive ketones (excluding diaryl/α,β-unsaturated/α-hetero) is 1. The summed E-state index contributed by atoms with van der Waals surface area (Å²) in [7, 11) is 0. The number of nitrogens with zero attached hydrogens (tertiary/aromatic N) is 2. The van der Waals surface area contributed by atoms with E-state index in [4.69, 9.17) is 4.99 Å². The maximum absolute atomic E-state index is 12.9. The van der Waals surface area contributed by atoms with Crippen molar-refractivity contribution in [1.82, 2.24) is 4.90 Å². The molecule has 0 radical (unpaired) electrons. The first-order valence-electron chi connectivity index (χ1n) is 16.5. The van der Waals surface area contributed by atoms with E-state index in [2.05, 4.69) is 91.1 Å². The molecule has 0 saturated heterocycles. The molecule has 1 rings (SSSR count). The quantitative estimate of drug-likeness (QED) is 0.0802. The molecule has 0 heterocycles. The van der Waals surface area contributed by atoms with Gasteiger partial charge in [-0.15, -0.1) is 0 Å². The number of unbranched alkanes of at least 4 members (excludes halogenated alkanes) is 1. The predicted molar refractivity (Wildman–Crippen MR) is 187 cm³/mol. The number of carbonyl (C=O) groups is 1. The topological polar surface area (TPSA) is 32.7 Å². The van der Waals surface area contributed by atoms with E-state index in [9.17, 15) is 4.79 Å². The lowest BCUT2D eigenvalue weighted by Gasteiger charge is -2.32. The molecule has 3 nitrogen and oxygen atoms in total. The Hall–Kier alpha value is -2.68. The molecule has 0 N–H and O–H groups in total. The second-order valence-corrected chi connectivity index (χ2v) is 12.5. The number of ketones is 1. The van der Waals surface area contributed by atoms with E-state index in [1.807, 2.05) is 20.8 Å². The maximum Gasteiger partial charge on any atom is 0.160 e. The zero-order valence-corrected chi connectivity index (χ0v) is 29.3. The summed E-state index contributed by atoms with van der Waals surface area (Å²) in [4.78, 5) is 21.0. The van der Waals surface area contributed by atoms with Crippen LogP contribution in [0.4, 0.5) is 0 Å². The van der Waals surface area contributed by atoms with Crippen molar-refractivity contribution in [3.63, 3.8) is 0 Å². The Labute approximate surface area is 260 Å². The van der Waals surface area contributed by atoms with Gasteiger partial charge in [-0.25, -0.2) is 4.99 Å². The molecular formula is C39H62N2O. The Bertz CT molecular complexity index is 1160. The van der Waals surface area contributed by atoms with E-state index >= 15 is 0 Å². The van der Waals surface area contributed by atoms with E-state index in [1.165, 1.54) is 56.1 Å². The maximum atomic E-state index is 12.9. The molecule has 0 bridgehead atoms. The number of allylic oxidation sites excluding steroid dienone is 6. The fraction of sp³-hybridized carbons (Fsp3) is 0.590. The standard InChI is InChI=1S/C39H62N2O/c1-14-18-23-36(17-4)26-41(25-35(16-3)20-15-2)34(13)40-39(38-28(7)21-19-22-29(38)8)30(9)24-37(33(12)42)32(11)31(10)27(5)6/h19,21-22,24,35-36H,5,14-18,20,23,25-26H2,1-4,6-13H3/b32-31-,37-24-,39-30+,40-34?. The molecule has 0 aliphatic rings. The van der Waals surface area contributed by atoms with Crippen molar-refractivity contribution >= 4 is 17.3 Å². The third-order valence-corrected chi connectivity index (χ3v) is 8.94. The van der Waals surface area contributed by atoms with Crippen molar-refractivity contribution < 1.29 is 4.79 Å². The van der Waals surface area contributed by atoms with Gasteiger partial charge in [-0.3, -0.25) is 4.79 Å². The van der Waals surface area contributed by atoms with E-state index in [-0.39, 0.29) is 5.78 Å². The van der Waals surface area contributed by atoms with Gasteiger partial charge < -0.3 is 4.90 Å². The minimum absolute atomic E-state index is 0.0581. The van der Waals surface area contributed by atoms with E-state index < -0.39 is 0 Å². The first kappa shape index (κ1) is 37.3. The van der Waals surface area contributed by atoms with Gasteiger partial charge in [-0.1, -0.05) is 90.2 Å². The highest BCUT2D eigenvalue weighted by Gasteiger charge is 2.20. The number of benzene rings is 1. The molecule has 2 atom stereocenters. The molecule has 1 aromatic carbocycles. The highest BCUT2D eigenvalue weighted by Crippen LogP contribution is 2.31. The van der Waals surface area contributed by atoms with Gasteiger partial charge in [0.2, 0.25) is 0 Å². The lowest BCUT2D eigenvalue weighted by Crippen LogP contribution is -2.37. The van der Waals surface area contributed by atoms with Crippen LogP contribution in [0.15, 0.2) is 63.7 Å². The van der Waals surface area contributed by atoms with Crippen molar-refractivity contribution in [3.05, 3.63) is 75.4 Å². The molecule has 2 unspecified atom stereocenters. The van der Waals surface area contributed by atoms with E-state index in [1.54, 1.807) is 6.92 Å². The summed E-state index contributed by atoms with van der Waals surface area (Å²) in [5, 5.41) is 0. The van der Waals surface area contributed by atoms with Gasteiger partial charge in [-0.05, 0) is 114 Å². The molecule has 1 aromatic rings. The Balaban J connectivity index is 3.96. The second kappa shape index (κ2) is 18.8. The van der Waals surface area contributed by atoms with Crippen LogP contribution in [0.2, 0.25) is 0 Å². The number of rotatable bonds is 17. The Morgan fingerprint density at radius 1 is 0.857 bits per heavy atom. The summed E-state index contributed by atoms with van der Waals surface area (Å²) in [6, 6.07) is 6.44. The molecule has 3 heteroatoms. The smallest absolute Gasteiger partial charge is 0.160 e. The zero-order chi connectivity index (χ0) is 32.0. The Kier molecular flexibility index (Phi) is 16.7. The fourth-order valence-corrected chi connectivity index (χ4v) is 5.75. The average Bonchev–Trinajstić information content (AvgIpc) is 2.94. The highest BCUT2D eigenvalue weighted by atomic mass is 16.1. The normalized spacial score (nSPS) is 15.1. The van der Waals surface area contributed by atoms with Gasteiger partial charge in [0.25, 0.3) is 0 Å². The van der Waals surface area contributed by atoms with Gasteiger partial charge >= 0.3 is 0 Å². The van der Waals surface area contributed by atoms with Crippen LogP contribution in [0.3, 0.4) is 0 Å². The van der Waals surface area contributed by atoms with Crippen molar-refractivity contribution in [3.8, 4) is 0 Å². The fourth-order valence-electron chi connectivity index (χ4n) is 5.75. The van der Waals surface area contributed by atoms with Gasteiger partial charge in [-0.2, -0.15) is 0 Å². The molecule has 0 spiro atoms. The lowest BCUT2D eigenvalue weighted by atomic mass is 9.92.